The molecule has 0 bridgehead atoms. The first-order valence-electron chi connectivity index (χ1n) is 8.97. The minimum Gasteiger partial charge on any atom is -0.495 e. The molecule has 1 aromatic carbocycles. The third kappa shape index (κ3) is 5.48. The van der Waals surface area contributed by atoms with Crippen LogP contribution in [0.4, 0.5) is 5.69 Å². The molecule has 1 saturated carbocycles. The van der Waals surface area contributed by atoms with Gasteiger partial charge in [-0.2, -0.15) is 0 Å². The second-order valence-corrected chi connectivity index (χ2v) is 7.98. The number of anilines is 1. The van der Waals surface area contributed by atoms with Gasteiger partial charge in [0.15, 0.2) is 0 Å². The lowest BCUT2D eigenvalue weighted by Gasteiger charge is -2.30. The summed E-state index contributed by atoms with van der Waals surface area (Å²) in [6.45, 7) is 7.94. The zero-order valence-electron chi connectivity index (χ0n) is 15.9. The van der Waals surface area contributed by atoms with Crippen LogP contribution in [0.5, 0.6) is 5.75 Å². The van der Waals surface area contributed by atoms with Crippen molar-refractivity contribution < 1.29 is 14.3 Å². The Morgan fingerprint density at radius 1 is 1.04 bits per heavy atom. The molecule has 0 spiro atoms. The van der Waals surface area contributed by atoms with E-state index in [1.807, 2.05) is 45.9 Å². The van der Waals surface area contributed by atoms with Crippen LogP contribution < -0.4 is 15.4 Å². The summed E-state index contributed by atoms with van der Waals surface area (Å²) < 4.78 is 5.32. The van der Waals surface area contributed by atoms with Crippen LogP contribution in [-0.4, -0.2) is 24.5 Å². The van der Waals surface area contributed by atoms with Gasteiger partial charge in [-0.1, -0.05) is 6.07 Å². The summed E-state index contributed by atoms with van der Waals surface area (Å²) in [6, 6.07) is 5.73. The molecule has 0 aromatic heterocycles. The van der Waals surface area contributed by atoms with Crippen LogP contribution in [0.25, 0.3) is 0 Å². The quantitative estimate of drug-likeness (QED) is 0.874. The van der Waals surface area contributed by atoms with Crippen LogP contribution in [0.15, 0.2) is 18.2 Å². The summed E-state index contributed by atoms with van der Waals surface area (Å²) >= 11 is 0. The normalized spacial score (nSPS) is 20.7. The number of nitrogens with one attached hydrogen (secondary N) is 2. The van der Waals surface area contributed by atoms with Crippen LogP contribution >= 0.6 is 0 Å². The molecule has 1 aliphatic rings. The Balaban J connectivity index is 1.91. The van der Waals surface area contributed by atoms with Crippen molar-refractivity contribution in [3.63, 3.8) is 0 Å². The highest BCUT2D eigenvalue weighted by Gasteiger charge is 2.31. The number of amides is 2. The molecule has 5 heteroatoms. The smallest absolute Gasteiger partial charge is 0.227 e. The minimum atomic E-state index is -0.215. The van der Waals surface area contributed by atoms with E-state index < -0.39 is 0 Å². The maximum atomic E-state index is 12.6. The Bertz CT molecular complexity index is 626. The Kier molecular flexibility index (Phi) is 6.09. The Morgan fingerprint density at radius 2 is 1.60 bits per heavy atom. The lowest BCUT2D eigenvalue weighted by molar-refractivity contribution is -0.129. The number of hydrogen-bond acceptors (Lipinski definition) is 3. The van der Waals surface area contributed by atoms with Crippen LogP contribution in [0.3, 0.4) is 0 Å². The van der Waals surface area contributed by atoms with Gasteiger partial charge in [0.1, 0.15) is 5.75 Å². The first-order valence-corrected chi connectivity index (χ1v) is 8.97. The number of hydrogen-bond donors (Lipinski definition) is 2. The van der Waals surface area contributed by atoms with Gasteiger partial charge in [0.25, 0.3) is 0 Å². The van der Waals surface area contributed by atoms with E-state index >= 15 is 0 Å². The predicted octanol–water partition coefficient (Wildman–Crippen LogP) is 3.66. The van der Waals surface area contributed by atoms with Crippen molar-refractivity contribution in [1.29, 1.82) is 0 Å². The van der Waals surface area contributed by atoms with Gasteiger partial charge >= 0.3 is 0 Å². The first-order chi connectivity index (χ1) is 11.7. The van der Waals surface area contributed by atoms with E-state index in [1.165, 1.54) is 0 Å². The highest BCUT2D eigenvalue weighted by molar-refractivity contribution is 5.94. The molecule has 0 aliphatic heterocycles. The largest absolute Gasteiger partial charge is 0.495 e. The van der Waals surface area contributed by atoms with Crippen molar-refractivity contribution in [3.05, 3.63) is 23.8 Å². The molecule has 138 valence electrons. The average Bonchev–Trinajstić information content (AvgIpc) is 2.53. The highest BCUT2D eigenvalue weighted by atomic mass is 16.5. The fourth-order valence-corrected chi connectivity index (χ4v) is 3.24. The summed E-state index contributed by atoms with van der Waals surface area (Å²) in [5.41, 5.74) is 1.56. The zero-order chi connectivity index (χ0) is 18.6. The second-order valence-electron chi connectivity index (χ2n) is 7.98. The molecular formula is C20H30N2O3. The number of ether oxygens (including phenoxy) is 1. The van der Waals surface area contributed by atoms with E-state index in [0.717, 1.165) is 31.2 Å². The molecular weight excluding hydrogens is 316 g/mol. The standard InChI is InChI=1S/C20H30N2O3/c1-13-6-11-17(25-5)16(12-13)21-18(23)14-7-9-15(10-8-14)19(24)22-20(2,3)4/h6,11-12,14-15H,7-10H2,1-5H3,(H,21,23)(H,22,24). The molecule has 2 amide bonds. The lowest BCUT2D eigenvalue weighted by Crippen LogP contribution is -2.45. The van der Waals surface area contributed by atoms with Crippen molar-refractivity contribution in [2.45, 2.75) is 58.9 Å². The van der Waals surface area contributed by atoms with Crippen molar-refractivity contribution in [2.75, 3.05) is 12.4 Å². The first kappa shape index (κ1) is 19.3. The molecule has 0 unspecified atom stereocenters. The van der Waals surface area contributed by atoms with Gasteiger partial charge in [-0.25, -0.2) is 0 Å². The number of methoxy groups -OCH3 is 1. The molecule has 0 saturated heterocycles. The maximum Gasteiger partial charge on any atom is 0.227 e. The monoisotopic (exact) mass is 346 g/mol. The summed E-state index contributed by atoms with van der Waals surface area (Å²) in [5, 5.41) is 6.03. The maximum absolute atomic E-state index is 12.6. The van der Waals surface area contributed by atoms with E-state index in [2.05, 4.69) is 10.6 Å². The van der Waals surface area contributed by atoms with Gasteiger partial charge in [0, 0.05) is 17.4 Å². The number of carbonyl (C=O) groups is 2. The van der Waals surface area contributed by atoms with Gasteiger partial charge in [-0.15, -0.1) is 0 Å². The molecule has 2 rings (SSSR count). The summed E-state index contributed by atoms with van der Waals surface area (Å²) in [5.74, 6) is 0.739. The number of aryl methyl sites for hydroxylation is 1. The number of benzene rings is 1. The van der Waals surface area contributed by atoms with Gasteiger partial charge in [-0.05, 0) is 71.1 Å². The van der Waals surface area contributed by atoms with E-state index in [-0.39, 0.29) is 29.2 Å². The van der Waals surface area contributed by atoms with E-state index in [1.54, 1.807) is 7.11 Å². The minimum absolute atomic E-state index is 0.0109. The summed E-state index contributed by atoms with van der Waals surface area (Å²) in [6.07, 6.45) is 2.99. The fraction of sp³-hybridized carbons (Fsp3) is 0.600. The zero-order valence-corrected chi connectivity index (χ0v) is 15.9. The molecule has 1 aromatic rings. The van der Waals surface area contributed by atoms with Crippen LogP contribution in [0.2, 0.25) is 0 Å². The molecule has 5 nitrogen and oxygen atoms in total. The van der Waals surface area contributed by atoms with Crippen LogP contribution in [-0.2, 0) is 9.59 Å². The van der Waals surface area contributed by atoms with Crippen LogP contribution in [0.1, 0.15) is 52.0 Å². The third-order valence-corrected chi connectivity index (χ3v) is 4.58. The highest BCUT2D eigenvalue weighted by Crippen LogP contribution is 2.32. The van der Waals surface area contributed by atoms with Crippen molar-refractivity contribution in [3.8, 4) is 5.75 Å². The lowest BCUT2D eigenvalue weighted by atomic mass is 9.81. The van der Waals surface area contributed by atoms with Gasteiger partial charge < -0.3 is 15.4 Å². The van der Waals surface area contributed by atoms with Gasteiger partial charge in [-0.3, -0.25) is 9.59 Å². The number of carbonyl (C=O) groups excluding carboxylic acids is 2. The number of rotatable bonds is 4. The van der Waals surface area contributed by atoms with Crippen molar-refractivity contribution in [2.24, 2.45) is 11.8 Å². The molecule has 25 heavy (non-hydrogen) atoms. The Hall–Kier alpha value is -2.04. The molecule has 1 aliphatic carbocycles. The predicted molar refractivity (Wildman–Crippen MR) is 99.7 cm³/mol. The van der Waals surface area contributed by atoms with Crippen molar-refractivity contribution in [1.82, 2.24) is 5.32 Å². The summed E-state index contributed by atoms with van der Waals surface area (Å²) in [7, 11) is 1.60. The molecule has 0 radical (unpaired) electrons. The van der Waals surface area contributed by atoms with E-state index in [9.17, 15) is 9.59 Å². The van der Waals surface area contributed by atoms with E-state index in [4.69, 9.17) is 4.74 Å². The molecule has 0 atom stereocenters. The van der Waals surface area contributed by atoms with Crippen LogP contribution in [0, 0.1) is 18.8 Å². The van der Waals surface area contributed by atoms with E-state index in [0.29, 0.717) is 11.4 Å². The average molecular weight is 346 g/mol. The SMILES string of the molecule is COc1ccc(C)cc1NC(=O)C1CCC(C(=O)NC(C)(C)C)CC1. The molecule has 2 N–H and O–H groups in total. The topological polar surface area (TPSA) is 67.4 Å². The molecule has 0 heterocycles. The van der Waals surface area contributed by atoms with Gasteiger partial charge in [0.05, 0.1) is 12.8 Å². The second kappa shape index (κ2) is 7.89. The Morgan fingerprint density at radius 3 is 2.12 bits per heavy atom. The van der Waals surface area contributed by atoms with Crippen molar-refractivity contribution >= 4 is 17.5 Å². The summed E-state index contributed by atoms with van der Waals surface area (Å²) in [4.78, 5) is 24.9. The molecule has 1 fully saturated rings. The third-order valence-electron chi connectivity index (χ3n) is 4.58. The Labute approximate surface area is 150 Å². The fourth-order valence-electron chi connectivity index (χ4n) is 3.24. The van der Waals surface area contributed by atoms with Gasteiger partial charge in [0.2, 0.25) is 11.8 Å².